The normalized spacial score (nSPS) is 11.2. The molecule has 0 radical (unpaired) electrons. The topological polar surface area (TPSA) is 96.2 Å². The molecule has 0 heterocycles. The van der Waals surface area contributed by atoms with Crippen molar-refractivity contribution in [1.82, 2.24) is 0 Å². The van der Waals surface area contributed by atoms with Crippen molar-refractivity contribution in [3.63, 3.8) is 0 Å². The molecule has 0 unspecified atom stereocenters. The van der Waals surface area contributed by atoms with Crippen molar-refractivity contribution in [2.45, 2.75) is 13.1 Å². The highest BCUT2D eigenvalue weighted by molar-refractivity contribution is 7.50. The number of ether oxygens (including phenoxy) is 2. The van der Waals surface area contributed by atoms with Gasteiger partial charge in [-0.05, 0) is 48.9 Å². The third kappa shape index (κ3) is 4.77. The lowest BCUT2D eigenvalue weighted by atomic mass is 10.2. The van der Waals surface area contributed by atoms with Gasteiger partial charge in [-0.2, -0.15) is 0 Å². The summed E-state index contributed by atoms with van der Waals surface area (Å²) in [7, 11) is -4.17. The van der Waals surface area contributed by atoms with Crippen molar-refractivity contribution >= 4 is 7.60 Å². The fourth-order valence-electron chi connectivity index (χ4n) is 1.87. The van der Waals surface area contributed by atoms with Crippen LogP contribution in [0.5, 0.6) is 23.0 Å². The van der Waals surface area contributed by atoms with Crippen molar-refractivity contribution in [1.29, 1.82) is 0 Å². The molecule has 0 spiro atoms. The minimum Gasteiger partial charge on any atom is -0.504 e. The number of hydrogen-bond acceptors (Lipinski definition) is 4. The van der Waals surface area contributed by atoms with E-state index >= 15 is 0 Å². The first-order valence-corrected chi connectivity index (χ1v) is 8.44. The van der Waals surface area contributed by atoms with Crippen molar-refractivity contribution in [3.8, 4) is 23.0 Å². The van der Waals surface area contributed by atoms with Gasteiger partial charge in [-0.15, -0.1) is 0 Å². The fraction of sp³-hybridized carbons (Fsp3) is 0.200. The number of hydrogen-bond donors (Lipinski definition) is 3. The Hall–Kier alpha value is -2.01. The van der Waals surface area contributed by atoms with E-state index in [4.69, 9.17) is 19.3 Å². The van der Waals surface area contributed by atoms with E-state index in [9.17, 15) is 9.67 Å². The lowest BCUT2D eigenvalue weighted by molar-refractivity contribution is 0.339. The average molecular weight is 324 g/mol. The molecule has 3 N–H and O–H groups in total. The van der Waals surface area contributed by atoms with Crippen LogP contribution in [0, 0.1) is 0 Å². The molecule has 0 bridgehead atoms. The Labute approximate surface area is 128 Å². The molecule has 6 nitrogen and oxygen atoms in total. The lowest BCUT2D eigenvalue weighted by Crippen LogP contribution is -1.92. The molecule has 0 saturated carbocycles. The molecule has 0 aliphatic heterocycles. The standard InChI is InChI=1S/C15H17O6P/c1-2-20-12-4-6-13(7-5-12)21-15-9-11(3-8-14(15)16)10-22(17,18)19/h3-9,16H,2,10H2,1H3,(H2,17,18,19). The molecule has 2 aromatic carbocycles. The molecule has 0 atom stereocenters. The van der Waals surface area contributed by atoms with Crippen LogP contribution in [-0.2, 0) is 10.7 Å². The summed E-state index contributed by atoms with van der Waals surface area (Å²) in [5.41, 5.74) is 0.382. The second-order valence-corrected chi connectivity index (χ2v) is 6.28. The van der Waals surface area contributed by atoms with Gasteiger partial charge in [-0.1, -0.05) is 6.07 Å². The highest BCUT2D eigenvalue weighted by atomic mass is 31.2. The first kappa shape index (κ1) is 16.4. The fourth-order valence-corrected chi connectivity index (χ4v) is 2.55. The predicted octanol–water partition coefficient (Wildman–Crippen LogP) is 3.26. The van der Waals surface area contributed by atoms with Crippen LogP contribution in [0.3, 0.4) is 0 Å². The second-order valence-electron chi connectivity index (χ2n) is 4.63. The Bertz CT molecular complexity index is 677. The van der Waals surface area contributed by atoms with Crippen LogP contribution in [0.4, 0.5) is 0 Å². The van der Waals surface area contributed by atoms with Gasteiger partial charge in [0.1, 0.15) is 11.5 Å². The maximum atomic E-state index is 11.0. The summed E-state index contributed by atoms with van der Waals surface area (Å²) < 4.78 is 21.9. The largest absolute Gasteiger partial charge is 0.504 e. The Morgan fingerprint density at radius 3 is 2.27 bits per heavy atom. The van der Waals surface area contributed by atoms with Crippen LogP contribution >= 0.6 is 7.60 Å². The van der Waals surface area contributed by atoms with Gasteiger partial charge in [0, 0.05) is 0 Å². The number of aromatic hydroxyl groups is 1. The Morgan fingerprint density at radius 2 is 1.68 bits per heavy atom. The maximum absolute atomic E-state index is 11.0. The Balaban J connectivity index is 2.17. The summed E-state index contributed by atoms with van der Waals surface area (Å²) >= 11 is 0. The minimum absolute atomic E-state index is 0.108. The summed E-state index contributed by atoms with van der Waals surface area (Å²) in [4.78, 5) is 18.0. The molecule has 7 heteroatoms. The van der Waals surface area contributed by atoms with E-state index < -0.39 is 13.8 Å². The Kier molecular flexibility index (Phi) is 5.08. The van der Waals surface area contributed by atoms with E-state index in [2.05, 4.69) is 0 Å². The van der Waals surface area contributed by atoms with Gasteiger partial charge in [0.05, 0.1) is 12.8 Å². The first-order chi connectivity index (χ1) is 10.4. The van der Waals surface area contributed by atoms with Gasteiger partial charge >= 0.3 is 7.60 Å². The van der Waals surface area contributed by atoms with E-state index in [1.807, 2.05) is 6.92 Å². The van der Waals surface area contributed by atoms with Gasteiger partial charge in [-0.3, -0.25) is 4.57 Å². The van der Waals surface area contributed by atoms with Crippen LogP contribution in [0.1, 0.15) is 12.5 Å². The summed E-state index contributed by atoms with van der Waals surface area (Å²) in [6.45, 7) is 2.44. The smallest absolute Gasteiger partial charge is 0.329 e. The van der Waals surface area contributed by atoms with Crippen LogP contribution < -0.4 is 9.47 Å². The lowest BCUT2D eigenvalue weighted by Gasteiger charge is -2.11. The minimum atomic E-state index is -4.17. The van der Waals surface area contributed by atoms with Gasteiger partial charge in [-0.25, -0.2) is 0 Å². The molecule has 0 aromatic heterocycles. The summed E-state index contributed by atoms with van der Waals surface area (Å²) in [6.07, 6.45) is -0.410. The van der Waals surface area contributed by atoms with Crippen LogP contribution in [0.25, 0.3) is 0 Å². The average Bonchev–Trinajstić information content (AvgIpc) is 2.43. The molecule has 118 valence electrons. The first-order valence-electron chi connectivity index (χ1n) is 6.64. The summed E-state index contributed by atoms with van der Waals surface area (Å²) in [6, 6.07) is 11.0. The summed E-state index contributed by atoms with van der Waals surface area (Å²) in [5, 5.41) is 9.79. The van der Waals surface area contributed by atoms with Crippen LogP contribution in [-0.4, -0.2) is 21.5 Å². The molecule has 0 aliphatic carbocycles. The second kappa shape index (κ2) is 6.83. The number of phenols is 1. The highest BCUT2D eigenvalue weighted by Crippen LogP contribution is 2.41. The summed E-state index contributed by atoms with van der Waals surface area (Å²) in [5.74, 6) is 1.21. The third-order valence-electron chi connectivity index (χ3n) is 2.78. The van der Waals surface area contributed by atoms with E-state index in [1.165, 1.54) is 18.2 Å². The molecular weight excluding hydrogens is 307 g/mol. The van der Waals surface area contributed by atoms with Crippen molar-refractivity contribution in [3.05, 3.63) is 48.0 Å². The van der Waals surface area contributed by atoms with Crippen LogP contribution in [0.2, 0.25) is 0 Å². The Morgan fingerprint density at radius 1 is 1.05 bits per heavy atom. The van der Waals surface area contributed by atoms with Gasteiger partial charge in [0.15, 0.2) is 11.5 Å². The van der Waals surface area contributed by atoms with E-state index in [1.54, 1.807) is 24.3 Å². The SMILES string of the molecule is CCOc1ccc(Oc2cc(CP(=O)(O)O)ccc2O)cc1. The van der Waals surface area contributed by atoms with Crippen molar-refractivity contribution in [2.24, 2.45) is 0 Å². The molecular formula is C15H17O6P. The monoisotopic (exact) mass is 324 g/mol. The quantitative estimate of drug-likeness (QED) is 0.706. The third-order valence-corrected chi connectivity index (χ3v) is 3.55. The van der Waals surface area contributed by atoms with Gasteiger partial charge < -0.3 is 24.4 Å². The molecule has 0 aliphatic rings. The van der Waals surface area contributed by atoms with Gasteiger partial charge in [0.25, 0.3) is 0 Å². The molecule has 0 fully saturated rings. The van der Waals surface area contributed by atoms with Gasteiger partial charge in [0.2, 0.25) is 0 Å². The molecule has 0 saturated heterocycles. The molecule has 2 aromatic rings. The van der Waals surface area contributed by atoms with E-state index in [0.717, 1.165) is 0 Å². The van der Waals surface area contributed by atoms with Crippen molar-refractivity contribution in [2.75, 3.05) is 6.61 Å². The number of benzene rings is 2. The van der Waals surface area contributed by atoms with E-state index in [-0.39, 0.29) is 11.5 Å². The molecule has 2 rings (SSSR count). The maximum Gasteiger partial charge on any atom is 0.329 e. The zero-order valence-electron chi connectivity index (χ0n) is 12.0. The predicted molar refractivity (Wildman–Crippen MR) is 81.5 cm³/mol. The zero-order valence-corrected chi connectivity index (χ0v) is 12.9. The number of rotatable bonds is 6. The molecule has 0 amide bonds. The van der Waals surface area contributed by atoms with E-state index in [0.29, 0.717) is 23.7 Å². The number of phenolic OH excluding ortho intramolecular Hbond substituents is 1. The van der Waals surface area contributed by atoms with Crippen molar-refractivity contribution < 1.29 is 28.9 Å². The van der Waals surface area contributed by atoms with Crippen LogP contribution in [0.15, 0.2) is 42.5 Å². The molecule has 22 heavy (non-hydrogen) atoms. The highest BCUT2D eigenvalue weighted by Gasteiger charge is 2.15. The zero-order chi connectivity index (χ0) is 16.2.